The van der Waals surface area contributed by atoms with Gasteiger partial charge in [-0.2, -0.15) is 0 Å². The molecule has 0 unspecified atom stereocenters. The summed E-state index contributed by atoms with van der Waals surface area (Å²) < 4.78 is 4.86. The Balaban J connectivity index is 2.16. The smallest absolute Gasteiger partial charge is 0.338 e. The molecule has 0 aromatic heterocycles. The number of esters is 1. The summed E-state index contributed by atoms with van der Waals surface area (Å²) in [6, 6.07) is 5.93. The average Bonchev–Trinajstić information content (AvgIpc) is 3.08. The lowest BCUT2D eigenvalue weighted by Crippen LogP contribution is -2.35. The van der Waals surface area contributed by atoms with Gasteiger partial charge in [0.05, 0.1) is 12.7 Å². The molecule has 3 nitrogen and oxygen atoms in total. The molecule has 1 heterocycles. The Labute approximate surface area is 94.8 Å². The van der Waals surface area contributed by atoms with Gasteiger partial charge in [-0.15, -0.1) is 0 Å². The van der Waals surface area contributed by atoms with Crippen molar-refractivity contribution in [3.63, 3.8) is 0 Å². The molecule has 1 aromatic rings. The summed E-state index contributed by atoms with van der Waals surface area (Å²) in [7, 11) is 1.45. The average molecular weight is 217 g/mol. The van der Waals surface area contributed by atoms with E-state index >= 15 is 0 Å². The van der Waals surface area contributed by atoms with Crippen LogP contribution in [0.25, 0.3) is 0 Å². The second kappa shape index (κ2) is 3.32. The van der Waals surface area contributed by atoms with E-state index in [2.05, 4.69) is 11.4 Å². The van der Waals surface area contributed by atoms with Gasteiger partial charge in [0, 0.05) is 18.5 Å². The fourth-order valence-electron chi connectivity index (χ4n) is 2.76. The Morgan fingerprint density at radius 1 is 1.44 bits per heavy atom. The third-order valence-corrected chi connectivity index (χ3v) is 3.72. The quantitative estimate of drug-likeness (QED) is 0.726. The highest BCUT2D eigenvalue weighted by Gasteiger charge is 2.48. The van der Waals surface area contributed by atoms with Crippen LogP contribution in [0.5, 0.6) is 0 Å². The van der Waals surface area contributed by atoms with Gasteiger partial charge in [0.15, 0.2) is 0 Å². The molecule has 1 spiro atoms. The third-order valence-electron chi connectivity index (χ3n) is 3.72. The minimum absolute atomic E-state index is 0.204. The molecule has 0 amide bonds. The highest BCUT2D eigenvalue weighted by molar-refractivity contribution is 5.92. The molecule has 1 N–H and O–H groups in total. The number of hydrogen-bond donors (Lipinski definition) is 1. The largest absolute Gasteiger partial charge is 0.465 e. The second-order valence-corrected chi connectivity index (χ2v) is 4.72. The van der Waals surface area contributed by atoms with Crippen molar-refractivity contribution >= 4 is 5.97 Å². The van der Waals surface area contributed by atoms with Crippen LogP contribution in [-0.2, 0) is 16.7 Å². The molecular formula is C13H15NO2. The molecule has 84 valence electrons. The maximum absolute atomic E-state index is 11.8. The normalized spacial score (nSPS) is 20.3. The maximum Gasteiger partial charge on any atom is 0.338 e. The molecule has 1 fully saturated rings. The zero-order chi connectivity index (χ0) is 11.2. The van der Waals surface area contributed by atoms with Crippen LogP contribution < -0.4 is 5.32 Å². The lowest BCUT2D eigenvalue weighted by Gasteiger charge is -2.28. The van der Waals surface area contributed by atoms with Crippen LogP contribution in [0, 0.1) is 0 Å². The van der Waals surface area contributed by atoms with E-state index < -0.39 is 0 Å². The number of ether oxygens (including phenoxy) is 1. The van der Waals surface area contributed by atoms with Crippen molar-refractivity contribution in [1.29, 1.82) is 0 Å². The zero-order valence-corrected chi connectivity index (χ0v) is 9.38. The first-order chi connectivity index (χ1) is 7.77. The molecule has 16 heavy (non-hydrogen) atoms. The van der Waals surface area contributed by atoms with Crippen molar-refractivity contribution in [1.82, 2.24) is 5.32 Å². The van der Waals surface area contributed by atoms with E-state index in [1.807, 2.05) is 12.1 Å². The van der Waals surface area contributed by atoms with Gasteiger partial charge < -0.3 is 10.1 Å². The highest BCUT2D eigenvalue weighted by atomic mass is 16.5. The van der Waals surface area contributed by atoms with Crippen LogP contribution in [0.2, 0.25) is 0 Å². The van der Waals surface area contributed by atoms with E-state index in [1.54, 1.807) is 0 Å². The maximum atomic E-state index is 11.8. The van der Waals surface area contributed by atoms with Gasteiger partial charge in [-0.1, -0.05) is 12.1 Å². The lowest BCUT2D eigenvalue weighted by atomic mass is 9.84. The fraction of sp³-hybridized carbons (Fsp3) is 0.462. The van der Waals surface area contributed by atoms with Crippen molar-refractivity contribution in [2.75, 3.05) is 13.7 Å². The number of carbonyl (C=O) groups is 1. The van der Waals surface area contributed by atoms with E-state index in [1.165, 1.54) is 31.1 Å². The van der Waals surface area contributed by atoms with Gasteiger partial charge in [-0.25, -0.2) is 4.79 Å². The number of benzene rings is 1. The fourth-order valence-corrected chi connectivity index (χ4v) is 2.76. The molecule has 1 aliphatic carbocycles. The van der Waals surface area contributed by atoms with Crippen molar-refractivity contribution in [3.05, 3.63) is 34.9 Å². The Morgan fingerprint density at radius 3 is 2.94 bits per heavy atom. The van der Waals surface area contributed by atoms with E-state index in [4.69, 9.17) is 4.74 Å². The van der Waals surface area contributed by atoms with E-state index in [-0.39, 0.29) is 11.4 Å². The molecule has 1 aliphatic heterocycles. The van der Waals surface area contributed by atoms with Crippen molar-refractivity contribution in [3.8, 4) is 0 Å². The van der Waals surface area contributed by atoms with Gasteiger partial charge in [0.2, 0.25) is 0 Å². The van der Waals surface area contributed by atoms with E-state index in [9.17, 15) is 4.79 Å². The highest BCUT2D eigenvalue weighted by Crippen LogP contribution is 2.51. The Hall–Kier alpha value is -1.35. The Kier molecular flexibility index (Phi) is 2.04. The molecule has 3 heteroatoms. The summed E-state index contributed by atoms with van der Waals surface area (Å²) in [6.07, 6.45) is 2.36. The molecule has 0 radical (unpaired) electrons. The van der Waals surface area contributed by atoms with E-state index in [0.29, 0.717) is 0 Å². The van der Waals surface area contributed by atoms with Crippen molar-refractivity contribution in [2.24, 2.45) is 0 Å². The molecule has 3 rings (SSSR count). The van der Waals surface area contributed by atoms with Crippen LogP contribution in [0.15, 0.2) is 18.2 Å². The van der Waals surface area contributed by atoms with Crippen LogP contribution >= 0.6 is 0 Å². The molecule has 1 saturated carbocycles. The topological polar surface area (TPSA) is 38.3 Å². The van der Waals surface area contributed by atoms with Crippen molar-refractivity contribution < 1.29 is 9.53 Å². The number of hydrogen-bond acceptors (Lipinski definition) is 3. The summed E-state index contributed by atoms with van der Waals surface area (Å²) in [5, 5.41) is 3.43. The lowest BCUT2D eigenvalue weighted by molar-refractivity contribution is 0.0598. The van der Waals surface area contributed by atoms with Gasteiger partial charge >= 0.3 is 5.97 Å². The molecule has 0 bridgehead atoms. The molecule has 1 aromatic carbocycles. The number of fused-ring (bicyclic) bond motifs is 2. The minimum atomic E-state index is -0.204. The molecule has 0 saturated heterocycles. The zero-order valence-electron chi connectivity index (χ0n) is 9.38. The number of methoxy groups -OCH3 is 1. The summed E-state index contributed by atoms with van der Waals surface area (Å²) in [5.74, 6) is -0.204. The van der Waals surface area contributed by atoms with Gasteiger partial charge in [0.1, 0.15) is 0 Å². The van der Waals surface area contributed by atoms with E-state index in [0.717, 1.165) is 18.7 Å². The van der Waals surface area contributed by atoms with Gasteiger partial charge in [-0.05, 0) is 30.0 Å². The molecular weight excluding hydrogens is 202 g/mol. The predicted octanol–water partition coefficient (Wildman–Crippen LogP) is 1.61. The summed E-state index contributed by atoms with van der Waals surface area (Å²) in [5.41, 5.74) is 3.48. The Bertz CT molecular complexity index is 449. The summed E-state index contributed by atoms with van der Waals surface area (Å²) in [4.78, 5) is 11.8. The van der Waals surface area contributed by atoms with Gasteiger partial charge in [-0.3, -0.25) is 0 Å². The van der Waals surface area contributed by atoms with Crippen LogP contribution in [0.4, 0.5) is 0 Å². The number of nitrogens with one attached hydrogen (secondary N) is 1. The Morgan fingerprint density at radius 2 is 2.25 bits per heavy atom. The predicted molar refractivity (Wildman–Crippen MR) is 60.4 cm³/mol. The van der Waals surface area contributed by atoms with Crippen LogP contribution in [0.1, 0.15) is 34.3 Å². The SMILES string of the molecule is COC(=O)c1cccc2c1C1(CC1)CNC2. The first kappa shape index (κ1) is 9.85. The monoisotopic (exact) mass is 217 g/mol. The standard InChI is InChI=1S/C13H15NO2/c1-16-12(15)10-4-2-3-9-7-14-8-13(5-6-13)11(9)10/h2-4,14H,5-8H2,1H3. The van der Waals surface area contributed by atoms with Gasteiger partial charge in [0.25, 0.3) is 0 Å². The first-order valence-corrected chi connectivity index (χ1v) is 5.68. The molecule has 2 aliphatic rings. The summed E-state index contributed by atoms with van der Waals surface area (Å²) >= 11 is 0. The molecule has 0 atom stereocenters. The summed E-state index contributed by atoms with van der Waals surface area (Å²) in [6.45, 7) is 1.86. The third kappa shape index (κ3) is 1.28. The second-order valence-electron chi connectivity index (χ2n) is 4.72. The number of carbonyl (C=O) groups excluding carboxylic acids is 1. The number of rotatable bonds is 1. The van der Waals surface area contributed by atoms with Crippen LogP contribution in [0.3, 0.4) is 0 Å². The first-order valence-electron chi connectivity index (χ1n) is 5.68. The minimum Gasteiger partial charge on any atom is -0.465 e. The van der Waals surface area contributed by atoms with Crippen LogP contribution in [-0.4, -0.2) is 19.6 Å². The van der Waals surface area contributed by atoms with Crippen molar-refractivity contribution in [2.45, 2.75) is 24.8 Å².